The summed E-state index contributed by atoms with van der Waals surface area (Å²) in [4.78, 5) is 0. The fourth-order valence-electron chi connectivity index (χ4n) is 11.5. The molecule has 0 bridgehead atoms. The molecule has 41 nitrogen and oxygen atoms in total. The molecule has 8 aliphatic rings. The van der Waals surface area contributed by atoms with E-state index in [1.54, 1.807) is 0 Å². The summed E-state index contributed by atoms with van der Waals surface area (Å²) >= 11 is 0. The highest BCUT2D eigenvalue weighted by molar-refractivity contribution is 5.02. The van der Waals surface area contributed by atoms with Crippen molar-refractivity contribution in [1.82, 2.24) is 0 Å². The molecule has 1 unspecified atom stereocenters. The van der Waals surface area contributed by atoms with Gasteiger partial charge in [0.1, 0.15) is 177 Å². The van der Waals surface area contributed by atoms with Crippen LogP contribution in [-0.2, 0) is 71.1 Å². The van der Waals surface area contributed by atoms with Crippen LogP contribution < -0.4 is 17.2 Å². The van der Waals surface area contributed by atoms with Crippen molar-refractivity contribution < 1.29 is 189 Å². The van der Waals surface area contributed by atoms with E-state index in [1.165, 1.54) is 0 Å². The number of rotatable bonds is 22. The predicted octanol–water partition coefficient (Wildman–Crippen LogP) is -18.6. The minimum Gasteiger partial charge on any atom is -0.394 e. The third kappa shape index (κ3) is 15.2. The zero-order valence-electron chi connectivity index (χ0n) is 46.9. The monoisotopic (exact) mass is 1310 g/mol. The Kier molecular flexibility index (Phi) is 25.9. The number of aliphatic hydroxyl groups is 23. The molecule has 89 heavy (non-hydrogen) atoms. The Morgan fingerprint density at radius 1 is 0.225 bits per heavy atom. The van der Waals surface area contributed by atoms with Crippen LogP contribution >= 0.6 is 0 Å². The van der Waals surface area contributed by atoms with Gasteiger partial charge in [-0.25, -0.2) is 0 Å². The zero-order valence-corrected chi connectivity index (χ0v) is 46.9. The molecule has 8 saturated heterocycles. The van der Waals surface area contributed by atoms with E-state index in [0.717, 1.165) is 0 Å². The van der Waals surface area contributed by atoms with Crippen molar-refractivity contribution in [2.75, 3.05) is 52.9 Å². The van der Waals surface area contributed by atoms with Crippen LogP contribution in [0.2, 0.25) is 0 Å². The molecular formula is C48H85N3O38. The second kappa shape index (κ2) is 31.5. The predicted molar refractivity (Wildman–Crippen MR) is 270 cm³/mol. The molecule has 0 amide bonds. The maximum absolute atomic E-state index is 11.9. The molecule has 520 valence electrons. The van der Waals surface area contributed by atoms with E-state index in [4.69, 9.17) is 88.3 Å². The Hall–Kier alpha value is -1.64. The maximum Gasteiger partial charge on any atom is 0.187 e. The van der Waals surface area contributed by atoms with Crippen molar-refractivity contribution in [3.63, 3.8) is 0 Å². The lowest BCUT2D eigenvalue weighted by atomic mass is 9.94. The molecule has 0 spiro atoms. The van der Waals surface area contributed by atoms with Gasteiger partial charge >= 0.3 is 0 Å². The molecule has 8 rings (SSSR count). The van der Waals surface area contributed by atoms with Gasteiger partial charge in [0.15, 0.2) is 50.3 Å². The summed E-state index contributed by atoms with van der Waals surface area (Å²) in [5.74, 6) is 0. The second-order valence-electron chi connectivity index (χ2n) is 22.7. The number of nitrogens with two attached hydrogens (primary N) is 3. The molecule has 0 aromatic rings. The molecule has 8 aliphatic heterocycles. The lowest BCUT2D eigenvalue weighted by Crippen LogP contribution is -2.69. The van der Waals surface area contributed by atoms with E-state index in [2.05, 4.69) is 0 Å². The quantitative estimate of drug-likeness (QED) is 0.0479. The van der Waals surface area contributed by atoms with Crippen LogP contribution in [0.5, 0.6) is 0 Å². The van der Waals surface area contributed by atoms with Crippen LogP contribution in [0.1, 0.15) is 0 Å². The van der Waals surface area contributed by atoms with E-state index in [0.29, 0.717) is 0 Å². The first-order valence-electron chi connectivity index (χ1n) is 28.4. The van der Waals surface area contributed by atoms with Gasteiger partial charge in [-0.3, -0.25) is 0 Å². The zero-order chi connectivity index (χ0) is 65.4. The molecule has 8 heterocycles. The van der Waals surface area contributed by atoms with Gasteiger partial charge < -0.3 is 206 Å². The Balaban J connectivity index is 0.973. The van der Waals surface area contributed by atoms with Crippen LogP contribution in [-0.4, -0.2) is 416 Å². The van der Waals surface area contributed by atoms with Crippen molar-refractivity contribution in [2.45, 2.75) is 245 Å². The lowest BCUT2D eigenvalue weighted by Gasteiger charge is -2.50. The largest absolute Gasteiger partial charge is 0.394 e. The van der Waals surface area contributed by atoms with Gasteiger partial charge in [0.25, 0.3) is 0 Å². The van der Waals surface area contributed by atoms with E-state index < -0.39 is 298 Å². The maximum atomic E-state index is 11.9. The Morgan fingerprint density at radius 3 is 0.921 bits per heavy atom. The van der Waals surface area contributed by atoms with Crippen molar-refractivity contribution in [2.24, 2.45) is 17.2 Å². The standard InChI is InChI=1S/C48H85N3O38/c49-17-26(65)35(84-47-33(72)39(24(63)13(5-56)81-47)88-43-18(50)37(22(61)11(3-54)77-43)86-45-31(70)27(66)20(59)9(1-52)79-45)15(7-58)82-42(17)75-8-16-25(64)40(34(73)48(83-16)85-36-14(6-57)76-41(74)30(69)29(36)68)89-44-19(51)38(23(62)12(4-55)78-44)87-46-32(71)28(67)21(60)10(2-53)80-46/h9-48,52-74H,1-8,49-51H2/t9-,10-,11-,12-,13-,14-,15-,16-,17-,18-,19-,20+,21+,22-,23-,24+,25+,26-,27+,28+,29-,30-,31-,32-,33-,34-,35-,36-,37-,38-,39+,40+,41-,42-,43?,44+,45+,46+,47+,48+/m1/s1. The summed E-state index contributed by atoms with van der Waals surface area (Å²) in [5.41, 5.74) is 19.3. The van der Waals surface area contributed by atoms with Gasteiger partial charge in [0, 0.05) is 0 Å². The molecule has 0 aliphatic carbocycles. The van der Waals surface area contributed by atoms with E-state index in [-0.39, 0.29) is 0 Å². The van der Waals surface area contributed by atoms with Gasteiger partial charge in [0.2, 0.25) is 0 Å². The molecule has 40 atom stereocenters. The highest BCUT2D eigenvalue weighted by Gasteiger charge is 2.59. The molecular weight excluding hydrogens is 1230 g/mol. The van der Waals surface area contributed by atoms with Crippen molar-refractivity contribution in [3.05, 3.63) is 0 Å². The summed E-state index contributed by atoms with van der Waals surface area (Å²) < 4.78 is 85.7. The molecule has 0 aromatic carbocycles. The van der Waals surface area contributed by atoms with Crippen LogP contribution in [0, 0.1) is 0 Å². The molecule has 0 saturated carbocycles. The second-order valence-corrected chi connectivity index (χ2v) is 22.7. The summed E-state index contributed by atoms with van der Waals surface area (Å²) in [6.07, 6.45) is -70.1. The minimum atomic E-state index is -2.24. The van der Waals surface area contributed by atoms with Crippen LogP contribution in [0.25, 0.3) is 0 Å². The summed E-state index contributed by atoms with van der Waals surface area (Å²) in [6, 6.07) is -5.20. The highest BCUT2D eigenvalue weighted by Crippen LogP contribution is 2.38. The number of hydrogen-bond acceptors (Lipinski definition) is 41. The smallest absolute Gasteiger partial charge is 0.187 e. The number of aliphatic hydroxyl groups excluding tert-OH is 23. The first-order valence-corrected chi connectivity index (χ1v) is 28.4. The molecule has 8 fully saturated rings. The number of hydrogen-bond donors (Lipinski definition) is 26. The first kappa shape index (κ1) is 73.2. The normalized spacial score (nSPS) is 53.6. The topological polar surface area (TPSA) is 682 Å². The van der Waals surface area contributed by atoms with Gasteiger partial charge in [-0.15, -0.1) is 0 Å². The van der Waals surface area contributed by atoms with E-state index in [9.17, 15) is 117 Å². The average molecular weight is 1310 g/mol. The molecule has 0 aromatic heterocycles. The summed E-state index contributed by atoms with van der Waals surface area (Å²) in [6.45, 7) is -7.65. The first-order chi connectivity index (χ1) is 42.2. The number of ether oxygens (including phenoxy) is 15. The lowest BCUT2D eigenvalue weighted by molar-refractivity contribution is -0.384. The van der Waals surface area contributed by atoms with E-state index in [1.807, 2.05) is 0 Å². The van der Waals surface area contributed by atoms with Gasteiger partial charge in [-0.1, -0.05) is 0 Å². The Bertz CT molecular complexity index is 2140. The third-order valence-corrected chi connectivity index (χ3v) is 16.9. The molecule has 41 heteroatoms. The van der Waals surface area contributed by atoms with Crippen molar-refractivity contribution in [3.8, 4) is 0 Å². The van der Waals surface area contributed by atoms with Crippen molar-refractivity contribution in [1.29, 1.82) is 0 Å². The van der Waals surface area contributed by atoms with Crippen LogP contribution in [0.4, 0.5) is 0 Å². The average Bonchev–Trinajstić information content (AvgIpc) is 1.01. The third-order valence-electron chi connectivity index (χ3n) is 16.9. The summed E-state index contributed by atoms with van der Waals surface area (Å²) in [7, 11) is 0. The highest BCUT2D eigenvalue weighted by atomic mass is 16.8. The van der Waals surface area contributed by atoms with E-state index >= 15 is 0 Å². The van der Waals surface area contributed by atoms with Gasteiger partial charge in [0.05, 0.1) is 71.0 Å². The van der Waals surface area contributed by atoms with Crippen LogP contribution in [0.3, 0.4) is 0 Å². The minimum absolute atomic E-state index is 0.861. The van der Waals surface area contributed by atoms with Gasteiger partial charge in [-0.05, 0) is 0 Å². The fourth-order valence-corrected chi connectivity index (χ4v) is 11.5. The Morgan fingerprint density at radius 2 is 0.517 bits per heavy atom. The molecule has 0 radical (unpaired) electrons. The summed E-state index contributed by atoms with van der Waals surface area (Å²) in [5, 5.41) is 246. The van der Waals surface area contributed by atoms with Crippen LogP contribution in [0.15, 0.2) is 0 Å². The SMILES string of the molecule is N[C@H]1[C@H](OC[C@H]2O[C@@H](O[C@H]3[C@H](O)[C@@H](O)[C@H](O)O[C@@H]3CO)[C@H](O)[C@@H](O[C@@H]3O[C@H](CO)[C@@H](O)[C@H](O[C@@H]4O[C@H](CO)[C@H](O)[C@H](O)[C@H]4O)[C@H]3N)[C@H]2O)O[C@H](CO)[C@@H](O[C@@H]2O[C@H](CO)[C@H](O)[C@H](OC3O[C@H](CO)[C@@H](O)[C@H](O[C@@H]4O[C@H](CO)[C@H](O)[C@H](O)[C@H]4O)[C@H]3N)[C@H]2O)[C@@H]1O. The van der Waals surface area contributed by atoms with Crippen molar-refractivity contribution >= 4 is 0 Å². The fraction of sp³-hybridized carbons (Fsp3) is 1.00. The Labute approximate surface area is 503 Å². The van der Waals surface area contributed by atoms with Gasteiger partial charge in [-0.2, -0.15) is 0 Å². The molecule has 29 N–H and O–H groups in total.